The molecule has 0 radical (unpaired) electrons. The summed E-state index contributed by atoms with van der Waals surface area (Å²) in [6, 6.07) is 31.6. The Bertz CT molecular complexity index is 1950. The maximum Gasteiger partial charge on any atom is 0.260 e. The molecule has 218 valence electrons. The largest absolute Gasteiger partial charge is 0.458 e. The highest BCUT2D eigenvalue weighted by Gasteiger charge is 2.41. The first-order valence-electron chi connectivity index (χ1n) is 16.3. The Kier molecular flexibility index (Phi) is 6.55. The van der Waals surface area contributed by atoms with Gasteiger partial charge in [-0.05, 0) is 97.0 Å². The van der Waals surface area contributed by atoms with Crippen LogP contribution in [0, 0.1) is 13.8 Å². The van der Waals surface area contributed by atoms with Crippen molar-refractivity contribution < 1.29 is 9.47 Å². The minimum atomic E-state index is 0.0711. The van der Waals surface area contributed by atoms with Gasteiger partial charge in [0.25, 0.3) is 6.71 Å². The van der Waals surface area contributed by atoms with Crippen LogP contribution in [-0.2, 0) is 12.8 Å². The number of rotatable bonds is 7. The fourth-order valence-corrected chi connectivity index (χ4v) is 7.42. The Hall–Kier alpha value is -4.44. The van der Waals surface area contributed by atoms with E-state index >= 15 is 0 Å². The van der Waals surface area contributed by atoms with Crippen LogP contribution in [0.2, 0.25) is 0 Å². The number of hydrogen-bond donors (Lipinski definition) is 0. The monoisotopic (exact) mass is 575 g/mol. The Balaban J connectivity index is 1.37. The summed E-state index contributed by atoms with van der Waals surface area (Å²) in [6.45, 7) is 8.89. The lowest BCUT2D eigenvalue weighted by atomic mass is 9.34. The first-order valence-corrected chi connectivity index (χ1v) is 16.3. The molecule has 0 saturated heterocycles. The molecule has 3 heterocycles. The van der Waals surface area contributed by atoms with Crippen LogP contribution in [0.4, 0.5) is 0 Å². The molecule has 0 atom stereocenters. The van der Waals surface area contributed by atoms with Crippen molar-refractivity contribution in [3.63, 3.8) is 0 Å². The van der Waals surface area contributed by atoms with Crippen LogP contribution in [0.3, 0.4) is 0 Å². The third-order valence-corrected chi connectivity index (χ3v) is 9.70. The predicted molar refractivity (Wildman–Crippen MR) is 185 cm³/mol. The maximum absolute atomic E-state index is 6.80. The van der Waals surface area contributed by atoms with Crippen LogP contribution < -0.4 is 25.9 Å². The van der Waals surface area contributed by atoms with Crippen LogP contribution in [-0.4, -0.2) is 11.3 Å². The van der Waals surface area contributed by atoms with Crippen LogP contribution >= 0.6 is 0 Å². The molecule has 3 nitrogen and oxygen atoms in total. The van der Waals surface area contributed by atoms with Gasteiger partial charge in [0.1, 0.15) is 23.0 Å². The summed E-state index contributed by atoms with van der Waals surface area (Å²) in [5, 5.41) is 2.64. The smallest absolute Gasteiger partial charge is 0.260 e. The molecule has 0 unspecified atom stereocenters. The number of nitrogens with zero attached hydrogens (tertiary/aromatic N) is 1. The van der Waals surface area contributed by atoms with Crippen molar-refractivity contribution in [3.8, 4) is 28.7 Å². The topological polar surface area (TPSA) is 23.4 Å². The van der Waals surface area contributed by atoms with E-state index in [4.69, 9.17) is 9.47 Å². The summed E-state index contributed by atoms with van der Waals surface area (Å²) in [7, 11) is 0. The zero-order valence-electron chi connectivity index (χ0n) is 26.2. The van der Waals surface area contributed by atoms with Gasteiger partial charge in [0, 0.05) is 28.4 Å². The van der Waals surface area contributed by atoms with E-state index in [0.717, 1.165) is 58.1 Å². The highest BCUT2D eigenvalue weighted by atomic mass is 16.5. The number of aromatic nitrogens is 1. The van der Waals surface area contributed by atoms with E-state index in [1.165, 1.54) is 69.5 Å². The van der Waals surface area contributed by atoms with Gasteiger partial charge < -0.3 is 14.0 Å². The molecule has 8 rings (SSSR count). The van der Waals surface area contributed by atoms with E-state index in [-0.39, 0.29) is 6.71 Å². The van der Waals surface area contributed by atoms with Gasteiger partial charge in [0.2, 0.25) is 0 Å². The fraction of sp³-hybridized carbons (Fsp3) is 0.250. The first-order chi connectivity index (χ1) is 21.6. The molecule has 0 N–H and O–H groups in total. The van der Waals surface area contributed by atoms with Gasteiger partial charge in [0.15, 0.2) is 0 Å². The number of unbranched alkanes of at least 4 members (excludes halogenated alkanes) is 2. The lowest BCUT2D eigenvalue weighted by molar-refractivity contribution is 0.460. The molecule has 0 aliphatic carbocycles. The molecule has 5 aromatic carbocycles. The second-order valence-corrected chi connectivity index (χ2v) is 12.7. The molecule has 2 aliphatic rings. The number of fused-ring (bicyclic) bond motifs is 7. The van der Waals surface area contributed by atoms with E-state index in [2.05, 4.69) is 117 Å². The number of aryl methyl sites for hydroxylation is 4. The zero-order valence-corrected chi connectivity index (χ0v) is 26.2. The van der Waals surface area contributed by atoms with Crippen LogP contribution in [0.25, 0.3) is 27.5 Å². The number of hydrogen-bond acceptors (Lipinski definition) is 2. The summed E-state index contributed by atoms with van der Waals surface area (Å²) in [5.74, 6) is 3.69. The fourth-order valence-electron chi connectivity index (χ4n) is 7.42. The number of para-hydroxylation sites is 2. The normalized spacial score (nSPS) is 13.0. The third kappa shape index (κ3) is 4.18. The summed E-state index contributed by atoms with van der Waals surface area (Å²) < 4.78 is 16.0. The van der Waals surface area contributed by atoms with E-state index in [0.29, 0.717) is 0 Å². The average Bonchev–Trinajstić information content (AvgIpc) is 3.36. The van der Waals surface area contributed by atoms with Crippen LogP contribution in [0.15, 0.2) is 84.9 Å². The van der Waals surface area contributed by atoms with Gasteiger partial charge in [-0.25, -0.2) is 0 Å². The zero-order chi connectivity index (χ0) is 29.9. The summed E-state index contributed by atoms with van der Waals surface area (Å²) >= 11 is 0. The lowest BCUT2D eigenvalue weighted by Crippen LogP contribution is -2.57. The molecule has 6 aromatic rings. The van der Waals surface area contributed by atoms with Gasteiger partial charge in [-0.3, -0.25) is 0 Å². The molecule has 1 aromatic heterocycles. The van der Waals surface area contributed by atoms with E-state index < -0.39 is 0 Å². The second kappa shape index (κ2) is 10.6. The van der Waals surface area contributed by atoms with Crippen molar-refractivity contribution in [1.29, 1.82) is 0 Å². The van der Waals surface area contributed by atoms with Crippen molar-refractivity contribution in [2.45, 2.75) is 66.2 Å². The second-order valence-electron chi connectivity index (χ2n) is 12.7. The Labute approximate surface area is 260 Å². The Morgan fingerprint density at radius 1 is 0.614 bits per heavy atom. The summed E-state index contributed by atoms with van der Waals surface area (Å²) in [5.41, 5.74) is 12.2. The summed E-state index contributed by atoms with van der Waals surface area (Å²) in [6.07, 6.45) is 7.03. The van der Waals surface area contributed by atoms with Crippen LogP contribution in [0.1, 0.15) is 61.8 Å². The first kappa shape index (κ1) is 27.1. The molecule has 0 bridgehead atoms. The van der Waals surface area contributed by atoms with Crippen molar-refractivity contribution >= 4 is 44.9 Å². The van der Waals surface area contributed by atoms with Crippen LogP contribution in [0.5, 0.6) is 23.0 Å². The van der Waals surface area contributed by atoms with Crippen molar-refractivity contribution in [2.75, 3.05) is 0 Å². The molecule has 0 fully saturated rings. The van der Waals surface area contributed by atoms with Gasteiger partial charge in [0.05, 0.1) is 16.7 Å². The highest BCUT2D eigenvalue weighted by molar-refractivity contribution is 6.98. The number of ether oxygens (including phenoxy) is 2. The molecule has 0 saturated carbocycles. The Morgan fingerprint density at radius 3 is 1.59 bits per heavy atom. The van der Waals surface area contributed by atoms with E-state index in [1.807, 2.05) is 0 Å². The van der Waals surface area contributed by atoms with Gasteiger partial charge in [-0.15, -0.1) is 0 Å². The van der Waals surface area contributed by atoms with Gasteiger partial charge in [-0.2, -0.15) is 0 Å². The SMILES string of the molecule is CCCCc1ccc2c(c1)c1cc(CCCC)ccc1n2-c1cc2c3c(c1)Oc1c(C)cccc1B3c1cccc(C)c1O2. The molecule has 0 spiro atoms. The minimum absolute atomic E-state index is 0.0711. The minimum Gasteiger partial charge on any atom is -0.458 e. The lowest BCUT2D eigenvalue weighted by Gasteiger charge is -2.34. The quantitative estimate of drug-likeness (QED) is 0.177. The molecule has 44 heavy (non-hydrogen) atoms. The molecular formula is C40H38BNO2. The molecule has 4 heteroatoms. The molecular weight excluding hydrogens is 537 g/mol. The predicted octanol–water partition coefficient (Wildman–Crippen LogP) is 8.81. The number of benzene rings is 5. The van der Waals surface area contributed by atoms with Gasteiger partial charge >= 0.3 is 0 Å². The Morgan fingerprint density at radius 2 is 1.11 bits per heavy atom. The highest BCUT2D eigenvalue weighted by Crippen LogP contribution is 2.41. The average molecular weight is 576 g/mol. The van der Waals surface area contributed by atoms with E-state index in [1.54, 1.807) is 0 Å². The van der Waals surface area contributed by atoms with Crippen molar-refractivity contribution in [3.05, 3.63) is 107 Å². The maximum atomic E-state index is 6.80. The van der Waals surface area contributed by atoms with Gasteiger partial charge in [-0.1, -0.05) is 75.2 Å². The summed E-state index contributed by atoms with van der Waals surface area (Å²) in [4.78, 5) is 0. The molecule has 2 aliphatic heterocycles. The third-order valence-electron chi connectivity index (χ3n) is 9.70. The van der Waals surface area contributed by atoms with Crippen molar-refractivity contribution in [1.82, 2.24) is 4.57 Å². The standard InChI is InChI=1S/C40H38BNO2/c1-5-7-13-27-17-19-34-30(21-27)31-22-28(14-8-6-2)18-20-35(31)42(34)29-23-36-38-37(24-29)44-40-26(4)12-10-16-33(40)41(38)32-15-9-11-25(3)39(32)43-36/h9-12,15-24H,5-8,13-14H2,1-4H3. The van der Waals surface area contributed by atoms with Crippen molar-refractivity contribution in [2.24, 2.45) is 0 Å². The molecule has 0 amide bonds. The van der Waals surface area contributed by atoms with E-state index in [9.17, 15) is 0 Å².